The van der Waals surface area contributed by atoms with Gasteiger partial charge in [0.2, 0.25) is 0 Å². The number of esters is 3. The van der Waals surface area contributed by atoms with E-state index in [1.165, 1.54) is 334 Å². The molecule has 0 bridgehead atoms. The average Bonchev–Trinajstić information content (AvgIpc) is 3.49. The van der Waals surface area contributed by atoms with Crippen LogP contribution >= 0.6 is 0 Å². The summed E-state index contributed by atoms with van der Waals surface area (Å²) in [6.45, 7) is 6.73. The number of unbranched alkanes of at least 4 members (excludes halogenated alkanes) is 56. The van der Waals surface area contributed by atoms with Crippen molar-refractivity contribution < 1.29 is 28.6 Å². The van der Waals surface area contributed by atoms with E-state index in [2.05, 4.69) is 45.1 Å². The number of carbonyl (C=O) groups excluding carboxylic acids is 3. The Kier molecular flexibility index (Phi) is 70.5. The highest BCUT2D eigenvalue weighted by molar-refractivity contribution is 5.71. The maximum Gasteiger partial charge on any atom is 0.306 e. The zero-order chi connectivity index (χ0) is 59.9. The molecule has 0 aromatic rings. The van der Waals surface area contributed by atoms with Crippen molar-refractivity contribution in [3.63, 3.8) is 0 Å². The van der Waals surface area contributed by atoms with E-state index in [-0.39, 0.29) is 31.1 Å². The third-order valence-corrected chi connectivity index (χ3v) is 17.4. The van der Waals surface area contributed by atoms with Crippen molar-refractivity contribution in [1.29, 1.82) is 0 Å². The third-order valence-electron chi connectivity index (χ3n) is 17.4. The van der Waals surface area contributed by atoms with Gasteiger partial charge >= 0.3 is 17.9 Å². The maximum atomic E-state index is 13.0. The summed E-state index contributed by atoms with van der Waals surface area (Å²) in [5.74, 6) is -0.834. The molecule has 0 rings (SSSR count). The van der Waals surface area contributed by atoms with Gasteiger partial charge < -0.3 is 14.2 Å². The molecule has 0 fully saturated rings. The Balaban J connectivity index is 4.28. The van der Waals surface area contributed by atoms with E-state index in [0.717, 1.165) is 57.8 Å². The maximum absolute atomic E-state index is 13.0. The Morgan fingerprint density at radius 3 is 0.602 bits per heavy atom. The lowest BCUT2D eigenvalue weighted by Gasteiger charge is -2.18. The van der Waals surface area contributed by atoms with Gasteiger partial charge in [0.25, 0.3) is 0 Å². The van der Waals surface area contributed by atoms with Crippen molar-refractivity contribution in [3.8, 4) is 0 Å². The van der Waals surface area contributed by atoms with Crippen LogP contribution in [0.2, 0.25) is 0 Å². The predicted molar refractivity (Wildman–Crippen MR) is 363 cm³/mol. The van der Waals surface area contributed by atoms with Crippen LogP contribution in [0.4, 0.5) is 0 Å². The molecule has 0 saturated heterocycles. The van der Waals surface area contributed by atoms with Crippen LogP contribution in [0.1, 0.15) is 432 Å². The molecule has 6 nitrogen and oxygen atoms in total. The number of carbonyl (C=O) groups is 3. The number of rotatable bonds is 71. The normalized spacial score (nSPS) is 12.1. The molecule has 0 aliphatic rings. The molecule has 0 amide bonds. The summed E-state index contributed by atoms with van der Waals surface area (Å²) in [7, 11) is 0. The van der Waals surface area contributed by atoms with Gasteiger partial charge in [0, 0.05) is 19.3 Å². The second-order valence-corrected chi connectivity index (χ2v) is 25.9. The first-order valence-corrected chi connectivity index (χ1v) is 37.8. The molecule has 0 saturated carbocycles. The van der Waals surface area contributed by atoms with Crippen LogP contribution in [0.3, 0.4) is 0 Å². The van der Waals surface area contributed by atoms with Crippen molar-refractivity contribution in [2.75, 3.05) is 13.2 Å². The summed E-state index contributed by atoms with van der Waals surface area (Å²) in [5.41, 5.74) is 0. The molecule has 0 aromatic carbocycles. The van der Waals surface area contributed by atoms with E-state index in [1.807, 2.05) is 0 Å². The monoisotopic (exact) mass is 1170 g/mol. The minimum Gasteiger partial charge on any atom is -0.462 e. The molecule has 0 N–H and O–H groups in total. The largest absolute Gasteiger partial charge is 0.462 e. The molecule has 83 heavy (non-hydrogen) atoms. The SMILES string of the molecule is CCCCCCCCC/C=C\CCCCCCCCCC(=O)OCC(COC(=O)CCCCCCCCCCCCCCC/C=C\CCCCCCCCCC)OC(=O)CCCCCCCCCCCCCCCCCCCCCCCC. The van der Waals surface area contributed by atoms with Gasteiger partial charge in [0.05, 0.1) is 0 Å². The minimum absolute atomic E-state index is 0.0665. The molecular formula is C77H146O6. The van der Waals surface area contributed by atoms with Crippen molar-refractivity contribution in [1.82, 2.24) is 0 Å². The lowest BCUT2D eigenvalue weighted by molar-refractivity contribution is -0.167. The molecule has 1 unspecified atom stereocenters. The first-order chi connectivity index (χ1) is 41.0. The third kappa shape index (κ3) is 70.5. The van der Waals surface area contributed by atoms with Gasteiger partial charge in [-0.3, -0.25) is 14.4 Å². The van der Waals surface area contributed by atoms with Crippen LogP contribution in [0, 0.1) is 0 Å². The fourth-order valence-corrected chi connectivity index (χ4v) is 11.7. The van der Waals surface area contributed by atoms with E-state index in [4.69, 9.17) is 14.2 Å². The van der Waals surface area contributed by atoms with Gasteiger partial charge in [0.15, 0.2) is 6.10 Å². The van der Waals surface area contributed by atoms with Crippen molar-refractivity contribution in [3.05, 3.63) is 24.3 Å². The van der Waals surface area contributed by atoms with E-state index in [0.29, 0.717) is 19.3 Å². The standard InChI is InChI=1S/C77H146O6/c1-4-7-10-13-16-19-22-25-28-31-34-36-38-39-40-42-43-46-49-52-55-58-61-64-67-70-76(79)82-73-74(72-81-75(78)69-66-63-60-57-54-51-48-45-33-30-27-24-21-18-15-12-9-6-3)83-77(80)71-68-65-62-59-56-53-50-47-44-41-37-35-32-29-26-23-20-17-14-11-8-5-2/h30-31,33-34,74H,4-29,32,35-73H2,1-3H3/b33-30-,34-31-. The van der Waals surface area contributed by atoms with Crippen molar-refractivity contribution in [2.24, 2.45) is 0 Å². The highest BCUT2D eigenvalue weighted by Crippen LogP contribution is 2.19. The minimum atomic E-state index is -0.772. The van der Waals surface area contributed by atoms with Gasteiger partial charge in [-0.15, -0.1) is 0 Å². The van der Waals surface area contributed by atoms with Crippen LogP contribution in [0.25, 0.3) is 0 Å². The molecule has 6 heteroatoms. The summed E-state index contributed by atoms with van der Waals surface area (Å²) in [5, 5.41) is 0. The summed E-state index contributed by atoms with van der Waals surface area (Å²) in [6, 6.07) is 0. The summed E-state index contributed by atoms with van der Waals surface area (Å²) in [4.78, 5) is 38.6. The lowest BCUT2D eigenvalue weighted by Crippen LogP contribution is -2.30. The lowest BCUT2D eigenvalue weighted by atomic mass is 10.0. The van der Waals surface area contributed by atoms with E-state index in [1.54, 1.807) is 0 Å². The highest BCUT2D eigenvalue weighted by atomic mass is 16.6. The first kappa shape index (κ1) is 80.9. The fraction of sp³-hybridized carbons (Fsp3) is 0.909. The predicted octanol–water partition coefficient (Wildman–Crippen LogP) is 26.1. The molecule has 0 aliphatic carbocycles. The fourth-order valence-electron chi connectivity index (χ4n) is 11.7. The smallest absolute Gasteiger partial charge is 0.306 e. The quantitative estimate of drug-likeness (QED) is 0.0261. The van der Waals surface area contributed by atoms with Gasteiger partial charge in [-0.25, -0.2) is 0 Å². The summed E-state index contributed by atoms with van der Waals surface area (Å²) < 4.78 is 17.1. The van der Waals surface area contributed by atoms with Crippen molar-refractivity contribution in [2.45, 2.75) is 438 Å². The molecule has 0 radical (unpaired) electrons. The Labute approximate surface area is 519 Å². The van der Waals surface area contributed by atoms with E-state index >= 15 is 0 Å². The first-order valence-electron chi connectivity index (χ1n) is 37.8. The summed E-state index contributed by atoms with van der Waals surface area (Å²) >= 11 is 0. The second kappa shape index (κ2) is 72.4. The van der Waals surface area contributed by atoms with Crippen LogP contribution < -0.4 is 0 Å². The molecule has 0 aliphatic heterocycles. The molecule has 490 valence electrons. The molecule has 0 aromatic heterocycles. The van der Waals surface area contributed by atoms with Crippen molar-refractivity contribution >= 4 is 17.9 Å². The topological polar surface area (TPSA) is 78.9 Å². The highest BCUT2D eigenvalue weighted by Gasteiger charge is 2.20. The van der Waals surface area contributed by atoms with Crippen LogP contribution in [0.15, 0.2) is 24.3 Å². The van der Waals surface area contributed by atoms with Gasteiger partial charge in [-0.1, -0.05) is 366 Å². The van der Waals surface area contributed by atoms with Gasteiger partial charge in [-0.05, 0) is 70.6 Å². The Morgan fingerprint density at radius 2 is 0.398 bits per heavy atom. The van der Waals surface area contributed by atoms with Crippen LogP contribution in [-0.4, -0.2) is 37.2 Å². The van der Waals surface area contributed by atoms with Crippen LogP contribution in [-0.2, 0) is 28.6 Å². The van der Waals surface area contributed by atoms with Crippen LogP contribution in [0.5, 0.6) is 0 Å². The molecule has 0 spiro atoms. The average molecular weight is 1170 g/mol. The zero-order valence-electron chi connectivity index (χ0n) is 56.5. The Bertz CT molecular complexity index is 1340. The number of ether oxygens (including phenoxy) is 3. The molecule has 0 heterocycles. The van der Waals surface area contributed by atoms with E-state index < -0.39 is 6.10 Å². The Hall–Kier alpha value is -2.11. The van der Waals surface area contributed by atoms with Gasteiger partial charge in [-0.2, -0.15) is 0 Å². The Morgan fingerprint density at radius 1 is 0.229 bits per heavy atom. The molecule has 1 atom stereocenters. The zero-order valence-corrected chi connectivity index (χ0v) is 56.5. The number of allylic oxidation sites excluding steroid dienone is 4. The molecular weight excluding hydrogens is 1020 g/mol. The number of hydrogen-bond acceptors (Lipinski definition) is 6. The second-order valence-electron chi connectivity index (χ2n) is 25.9. The number of hydrogen-bond donors (Lipinski definition) is 0. The van der Waals surface area contributed by atoms with Gasteiger partial charge in [0.1, 0.15) is 13.2 Å². The summed E-state index contributed by atoms with van der Waals surface area (Å²) in [6.07, 6.45) is 89.3. The van der Waals surface area contributed by atoms with E-state index in [9.17, 15) is 14.4 Å².